The number of rotatable bonds is 4. The van der Waals surface area contributed by atoms with Crippen LogP contribution in [0.15, 0.2) is 88.8 Å². The number of carbonyl (C=O) groups is 1. The fourth-order valence-electron chi connectivity index (χ4n) is 3.63. The molecule has 0 saturated heterocycles. The van der Waals surface area contributed by atoms with Crippen molar-refractivity contribution in [1.29, 1.82) is 0 Å². The van der Waals surface area contributed by atoms with Crippen molar-refractivity contribution in [1.82, 2.24) is 4.90 Å². The molecule has 0 aromatic heterocycles. The van der Waals surface area contributed by atoms with E-state index in [0.717, 1.165) is 22.4 Å². The van der Waals surface area contributed by atoms with Gasteiger partial charge in [-0.1, -0.05) is 84.0 Å². The smallest absolute Gasteiger partial charge is 0.259 e. The number of benzene rings is 3. The van der Waals surface area contributed by atoms with Crippen molar-refractivity contribution in [2.75, 3.05) is 0 Å². The van der Waals surface area contributed by atoms with E-state index in [4.69, 9.17) is 21.6 Å². The summed E-state index contributed by atoms with van der Waals surface area (Å²) in [6, 6.07) is 25.1. The van der Waals surface area contributed by atoms with Crippen molar-refractivity contribution in [3.63, 3.8) is 0 Å². The number of carbonyl (C=O) groups excluding carboxylic acids is 1. The van der Waals surface area contributed by atoms with E-state index in [1.807, 2.05) is 78.9 Å². The van der Waals surface area contributed by atoms with Crippen molar-refractivity contribution < 1.29 is 4.79 Å². The predicted octanol–water partition coefficient (Wildman–Crippen LogP) is 5.47. The Morgan fingerprint density at radius 3 is 2.50 bits per heavy atom. The predicted molar refractivity (Wildman–Crippen MR) is 124 cm³/mol. The minimum Gasteiger partial charge on any atom is -0.271 e. The first-order valence-electron chi connectivity index (χ1n) is 9.71. The third-order valence-corrected chi connectivity index (χ3v) is 6.49. The number of nitrogens with zero attached hydrogens (tertiary/aromatic N) is 3. The van der Waals surface area contributed by atoms with Gasteiger partial charge in [0.05, 0.1) is 5.69 Å². The molecular weight excluding hydrogens is 414 g/mol. The summed E-state index contributed by atoms with van der Waals surface area (Å²) in [5.74, 6) is 1.28. The summed E-state index contributed by atoms with van der Waals surface area (Å²) in [5, 5.41) is 1.36. The maximum atomic E-state index is 13.3. The molecule has 0 fully saturated rings. The van der Waals surface area contributed by atoms with Crippen LogP contribution in [0.25, 0.3) is 0 Å². The molecule has 3 aromatic carbocycles. The van der Waals surface area contributed by atoms with Gasteiger partial charge in [0, 0.05) is 22.8 Å². The monoisotopic (exact) mass is 431 g/mol. The molecule has 0 unspecified atom stereocenters. The highest BCUT2D eigenvalue weighted by Crippen LogP contribution is 2.35. The highest BCUT2D eigenvalue weighted by atomic mass is 35.5. The van der Waals surface area contributed by atoms with Gasteiger partial charge < -0.3 is 0 Å². The van der Waals surface area contributed by atoms with Crippen molar-refractivity contribution in [3.05, 3.63) is 101 Å². The van der Waals surface area contributed by atoms with E-state index in [2.05, 4.69) is 0 Å². The molecule has 0 radical (unpaired) electrons. The largest absolute Gasteiger partial charge is 0.271 e. The van der Waals surface area contributed by atoms with Crippen LogP contribution in [0, 0.1) is 0 Å². The topological polar surface area (TPSA) is 45.0 Å². The first-order chi connectivity index (χ1) is 14.7. The number of fused-ring (bicyclic) bond motifs is 3. The highest BCUT2D eigenvalue weighted by Gasteiger charge is 2.41. The van der Waals surface area contributed by atoms with Crippen molar-refractivity contribution in [3.8, 4) is 0 Å². The van der Waals surface area contributed by atoms with E-state index >= 15 is 0 Å². The van der Waals surface area contributed by atoms with Crippen LogP contribution in [-0.4, -0.2) is 27.9 Å². The van der Waals surface area contributed by atoms with E-state index in [-0.39, 0.29) is 5.91 Å². The SMILES string of the molecule is O=C1[C@@H](Cc2ccccc2)N=C2c3ccccc3N=C(SCc3ccccc3Cl)N12. The fourth-order valence-corrected chi connectivity index (χ4v) is 4.91. The van der Waals surface area contributed by atoms with Crippen LogP contribution in [0.4, 0.5) is 5.69 Å². The summed E-state index contributed by atoms with van der Waals surface area (Å²) in [6.07, 6.45) is 0.574. The van der Waals surface area contributed by atoms with Crippen LogP contribution >= 0.6 is 23.4 Å². The Labute approximate surface area is 184 Å². The Bertz CT molecular complexity index is 1180. The van der Waals surface area contributed by atoms with Crippen molar-refractivity contribution in [2.24, 2.45) is 9.98 Å². The molecule has 0 saturated carbocycles. The fraction of sp³-hybridized carbons (Fsp3) is 0.125. The molecule has 0 N–H and O–H groups in total. The van der Waals surface area contributed by atoms with Crippen molar-refractivity contribution >= 4 is 46.0 Å². The minimum absolute atomic E-state index is 0.0336. The third-order valence-electron chi connectivity index (χ3n) is 5.13. The number of halogens is 1. The second kappa shape index (κ2) is 8.09. The number of amidine groups is 2. The first kappa shape index (κ1) is 19.1. The number of aliphatic imine (C=N–C) groups is 2. The van der Waals surface area contributed by atoms with Crippen LogP contribution in [-0.2, 0) is 17.0 Å². The van der Waals surface area contributed by atoms with Gasteiger partial charge in [-0.2, -0.15) is 0 Å². The van der Waals surface area contributed by atoms with Gasteiger partial charge in [0.25, 0.3) is 5.91 Å². The van der Waals surface area contributed by atoms with Gasteiger partial charge in [-0.25, -0.2) is 9.89 Å². The lowest BCUT2D eigenvalue weighted by atomic mass is 10.1. The maximum Gasteiger partial charge on any atom is 0.259 e. The van der Waals surface area contributed by atoms with Gasteiger partial charge >= 0.3 is 0 Å². The Hall–Kier alpha value is -2.89. The molecule has 0 spiro atoms. The van der Waals surface area contributed by atoms with Crippen LogP contribution in [0.5, 0.6) is 0 Å². The van der Waals surface area contributed by atoms with Crippen LogP contribution in [0.3, 0.4) is 0 Å². The maximum absolute atomic E-state index is 13.3. The van der Waals surface area contributed by atoms with E-state index in [0.29, 0.717) is 28.2 Å². The zero-order chi connectivity index (χ0) is 20.5. The van der Waals surface area contributed by atoms with E-state index in [1.54, 1.807) is 4.90 Å². The Morgan fingerprint density at radius 1 is 0.933 bits per heavy atom. The second-order valence-corrected chi connectivity index (χ2v) is 8.47. The Morgan fingerprint density at radius 2 is 1.67 bits per heavy atom. The van der Waals surface area contributed by atoms with Gasteiger partial charge in [0.2, 0.25) is 0 Å². The molecule has 5 rings (SSSR count). The molecule has 0 bridgehead atoms. The molecule has 148 valence electrons. The zero-order valence-corrected chi connectivity index (χ0v) is 17.6. The molecule has 1 atom stereocenters. The number of para-hydroxylation sites is 1. The highest BCUT2D eigenvalue weighted by molar-refractivity contribution is 8.13. The van der Waals surface area contributed by atoms with Gasteiger partial charge in [-0.05, 0) is 29.3 Å². The van der Waals surface area contributed by atoms with Gasteiger partial charge in [0.15, 0.2) is 5.17 Å². The molecule has 2 aliphatic heterocycles. The van der Waals surface area contributed by atoms with Crippen molar-refractivity contribution in [2.45, 2.75) is 18.2 Å². The normalized spacial score (nSPS) is 17.3. The second-order valence-electron chi connectivity index (χ2n) is 7.12. The summed E-state index contributed by atoms with van der Waals surface area (Å²) in [5.41, 5.74) is 3.83. The Kier molecular flexibility index (Phi) is 5.15. The van der Waals surface area contributed by atoms with Gasteiger partial charge in [-0.3, -0.25) is 9.79 Å². The lowest BCUT2D eigenvalue weighted by molar-refractivity contribution is -0.124. The van der Waals surface area contributed by atoms with E-state index < -0.39 is 6.04 Å². The molecule has 4 nitrogen and oxygen atoms in total. The number of amides is 1. The minimum atomic E-state index is -0.445. The van der Waals surface area contributed by atoms with E-state index in [1.165, 1.54) is 11.8 Å². The van der Waals surface area contributed by atoms with Crippen LogP contribution in [0.1, 0.15) is 16.7 Å². The van der Waals surface area contributed by atoms with Gasteiger partial charge in [0.1, 0.15) is 11.9 Å². The lowest BCUT2D eigenvalue weighted by Crippen LogP contribution is -2.41. The standard InChI is InChI=1S/C24H18ClN3OS/c25-19-12-6-4-10-17(19)15-30-24-27-20-13-7-5-11-18(20)22-26-21(23(29)28(22)24)14-16-8-2-1-3-9-16/h1-13,21H,14-15H2/t21-/m1/s1. The summed E-state index contributed by atoms with van der Waals surface area (Å²) >= 11 is 7.83. The zero-order valence-electron chi connectivity index (χ0n) is 16.0. The Balaban J connectivity index is 1.47. The number of hydrogen-bond donors (Lipinski definition) is 0. The quantitative estimate of drug-likeness (QED) is 0.549. The molecule has 1 amide bonds. The number of hydrogen-bond acceptors (Lipinski definition) is 4. The first-order valence-corrected chi connectivity index (χ1v) is 11.1. The summed E-state index contributed by atoms with van der Waals surface area (Å²) < 4.78 is 0. The van der Waals surface area contributed by atoms with Crippen LogP contribution in [0.2, 0.25) is 5.02 Å². The summed E-state index contributed by atoms with van der Waals surface area (Å²) in [4.78, 5) is 24.6. The summed E-state index contributed by atoms with van der Waals surface area (Å²) in [6.45, 7) is 0. The molecule has 0 aliphatic carbocycles. The molecule has 30 heavy (non-hydrogen) atoms. The molecular formula is C24H18ClN3OS. The van der Waals surface area contributed by atoms with Gasteiger partial charge in [-0.15, -0.1) is 0 Å². The lowest BCUT2D eigenvalue weighted by Gasteiger charge is -2.25. The summed E-state index contributed by atoms with van der Waals surface area (Å²) in [7, 11) is 0. The number of thioether (sulfide) groups is 1. The molecule has 6 heteroatoms. The average molecular weight is 432 g/mol. The van der Waals surface area contributed by atoms with E-state index in [9.17, 15) is 4.79 Å². The average Bonchev–Trinajstić information content (AvgIpc) is 3.10. The molecule has 2 heterocycles. The molecule has 2 aliphatic rings. The third kappa shape index (κ3) is 3.55. The molecule has 3 aromatic rings. The van der Waals surface area contributed by atoms with Crippen LogP contribution < -0.4 is 0 Å².